The number of benzene rings is 3. The molecule has 7 nitrogen and oxygen atoms in total. The van der Waals surface area contributed by atoms with E-state index < -0.39 is 17.9 Å². The Kier molecular flexibility index (Phi) is 10.7. The number of aromatic nitrogens is 2. The Morgan fingerprint density at radius 1 is 0.814 bits per heavy atom. The van der Waals surface area contributed by atoms with Crippen molar-refractivity contribution in [1.82, 2.24) is 15.3 Å². The molecule has 1 atom stereocenters. The van der Waals surface area contributed by atoms with Crippen LogP contribution in [0.3, 0.4) is 0 Å². The van der Waals surface area contributed by atoms with E-state index in [1.807, 2.05) is 60.7 Å². The number of hydrogen-bond donors (Lipinski definition) is 2. The van der Waals surface area contributed by atoms with Crippen LogP contribution in [0, 0.1) is 0 Å². The molecule has 0 aliphatic heterocycles. The van der Waals surface area contributed by atoms with Gasteiger partial charge in [0.1, 0.15) is 11.8 Å². The topological polar surface area (TPSA) is 101 Å². The second-order valence-electron chi connectivity index (χ2n) is 11.8. The third kappa shape index (κ3) is 8.98. The van der Waals surface area contributed by atoms with Crippen LogP contribution in [0.4, 0.5) is 0 Å². The van der Waals surface area contributed by atoms with E-state index in [1.54, 1.807) is 24.5 Å². The fourth-order valence-corrected chi connectivity index (χ4v) is 4.68. The zero-order valence-corrected chi connectivity index (χ0v) is 25.5. The van der Waals surface area contributed by atoms with Gasteiger partial charge in [0.05, 0.1) is 6.61 Å². The molecule has 0 saturated carbocycles. The summed E-state index contributed by atoms with van der Waals surface area (Å²) in [6, 6.07) is 21.6. The Morgan fingerprint density at radius 2 is 1.44 bits per heavy atom. The number of unbranched alkanes of at least 4 members (excludes halogenated alkanes) is 3. The number of nitrogens with one attached hydrogen (secondary N) is 1. The average molecular weight is 580 g/mol. The first-order valence-electron chi connectivity index (χ1n) is 14.9. The van der Waals surface area contributed by atoms with Crippen LogP contribution >= 0.6 is 0 Å². The monoisotopic (exact) mass is 579 g/mol. The fourth-order valence-electron chi connectivity index (χ4n) is 4.68. The van der Waals surface area contributed by atoms with Gasteiger partial charge in [-0.2, -0.15) is 0 Å². The number of rotatable bonds is 13. The summed E-state index contributed by atoms with van der Waals surface area (Å²) in [5, 5.41) is 12.4. The van der Waals surface area contributed by atoms with Crippen LogP contribution in [0.5, 0.6) is 5.75 Å². The molecule has 2 N–H and O–H groups in total. The lowest BCUT2D eigenvalue weighted by Crippen LogP contribution is -2.42. The molecular weight excluding hydrogens is 538 g/mol. The van der Waals surface area contributed by atoms with E-state index >= 15 is 0 Å². The minimum Gasteiger partial charge on any atom is -0.494 e. The molecule has 4 aromatic rings. The van der Waals surface area contributed by atoms with Crippen molar-refractivity contribution in [2.45, 2.75) is 71.3 Å². The van der Waals surface area contributed by atoms with Crippen molar-refractivity contribution in [1.29, 1.82) is 0 Å². The molecule has 0 aliphatic rings. The van der Waals surface area contributed by atoms with Gasteiger partial charge in [-0.15, -0.1) is 0 Å². The van der Waals surface area contributed by atoms with Crippen molar-refractivity contribution in [3.8, 4) is 28.3 Å². The van der Waals surface area contributed by atoms with Crippen molar-refractivity contribution in [2.75, 3.05) is 6.61 Å². The molecule has 224 valence electrons. The number of carboxylic acids is 1. The molecule has 0 bridgehead atoms. The predicted octanol–water partition coefficient (Wildman–Crippen LogP) is 7.49. The van der Waals surface area contributed by atoms with Crippen LogP contribution < -0.4 is 10.1 Å². The SMILES string of the molecule is CCCCCCOc1ccc(-c2cnc(-c3ccc(CC(NC(=O)c4ccc(C(C)(C)C)cc4)C(=O)O)cc3)nc2)cc1. The Morgan fingerprint density at radius 3 is 2.02 bits per heavy atom. The van der Waals surface area contributed by atoms with Crippen molar-refractivity contribution in [3.63, 3.8) is 0 Å². The van der Waals surface area contributed by atoms with Crippen LogP contribution in [0.1, 0.15) is 74.9 Å². The van der Waals surface area contributed by atoms with Crippen molar-refractivity contribution in [3.05, 3.63) is 102 Å². The number of carboxylic acid groups (broad SMARTS) is 1. The maximum absolute atomic E-state index is 12.8. The lowest BCUT2D eigenvalue weighted by Gasteiger charge is -2.19. The van der Waals surface area contributed by atoms with Gasteiger partial charge in [0.15, 0.2) is 5.82 Å². The van der Waals surface area contributed by atoms with E-state index in [2.05, 4.69) is 43.0 Å². The number of nitrogens with zero attached hydrogens (tertiary/aromatic N) is 2. The second-order valence-corrected chi connectivity index (χ2v) is 11.8. The lowest BCUT2D eigenvalue weighted by molar-refractivity contribution is -0.139. The van der Waals surface area contributed by atoms with E-state index in [0.717, 1.165) is 46.6 Å². The highest BCUT2D eigenvalue weighted by molar-refractivity contribution is 5.96. The standard InChI is InChI=1S/C36H41N3O4/c1-5-6-7-8-21-43-31-19-15-26(16-20-31)29-23-37-33(38-24-29)27-11-9-25(10-12-27)22-32(35(41)42)39-34(40)28-13-17-30(18-14-28)36(2,3)4/h9-20,23-24,32H,5-8,21-22H2,1-4H3,(H,39,40)(H,41,42). The van der Waals surface area contributed by atoms with Gasteiger partial charge in [-0.1, -0.05) is 95.5 Å². The summed E-state index contributed by atoms with van der Waals surface area (Å²) in [5.74, 6) is -0.0711. The van der Waals surface area contributed by atoms with Gasteiger partial charge in [-0.05, 0) is 52.8 Å². The van der Waals surface area contributed by atoms with E-state index in [4.69, 9.17) is 4.74 Å². The van der Waals surface area contributed by atoms with Crippen LogP contribution in [0.25, 0.3) is 22.5 Å². The molecule has 1 amide bonds. The van der Waals surface area contributed by atoms with Gasteiger partial charge < -0.3 is 15.2 Å². The number of carbonyl (C=O) groups is 2. The zero-order valence-electron chi connectivity index (χ0n) is 25.5. The minimum absolute atomic E-state index is 0.0349. The number of aliphatic carboxylic acids is 1. The van der Waals surface area contributed by atoms with Gasteiger partial charge in [0.25, 0.3) is 5.91 Å². The first-order chi connectivity index (χ1) is 20.6. The van der Waals surface area contributed by atoms with Crippen LogP contribution in [0.2, 0.25) is 0 Å². The summed E-state index contributed by atoms with van der Waals surface area (Å²) in [7, 11) is 0. The second kappa shape index (κ2) is 14.6. The highest BCUT2D eigenvalue weighted by Crippen LogP contribution is 2.24. The molecule has 3 aromatic carbocycles. The third-order valence-electron chi connectivity index (χ3n) is 7.37. The van der Waals surface area contributed by atoms with E-state index in [9.17, 15) is 14.7 Å². The Labute approximate surface area is 254 Å². The molecule has 1 unspecified atom stereocenters. The zero-order chi connectivity index (χ0) is 30.8. The largest absolute Gasteiger partial charge is 0.494 e. The number of hydrogen-bond acceptors (Lipinski definition) is 5. The van der Waals surface area contributed by atoms with Gasteiger partial charge in [-0.25, -0.2) is 14.8 Å². The van der Waals surface area contributed by atoms with Gasteiger partial charge >= 0.3 is 5.97 Å². The van der Waals surface area contributed by atoms with E-state index in [1.165, 1.54) is 19.3 Å². The highest BCUT2D eigenvalue weighted by atomic mass is 16.5. The quantitative estimate of drug-likeness (QED) is 0.159. The summed E-state index contributed by atoms with van der Waals surface area (Å²) < 4.78 is 5.84. The first kappa shape index (κ1) is 31.4. The molecule has 7 heteroatoms. The maximum atomic E-state index is 12.8. The Hall–Kier alpha value is -4.52. The highest BCUT2D eigenvalue weighted by Gasteiger charge is 2.22. The molecule has 0 aliphatic carbocycles. The van der Waals surface area contributed by atoms with E-state index in [0.29, 0.717) is 11.4 Å². The summed E-state index contributed by atoms with van der Waals surface area (Å²) in [5.41, 5.74) is 5.01. The summed E-state index contributed by atoms with van der Waals surface area (Å²) in [6.45, 7) is 9.22. The van der Waals surface area contributed by atoms with Crippen molar-refractivity contribution >= 4 is 11.9 Å². The average Bonchev–Trinajstić information content (AvgIpc) is 3.01. The summed E-state index contributed by atoms with van der Waals surface area (Å²) in [6.07, 6.45) is 8.44. The molecular formula is C36H41N3O4. The molecule has 1 heterocycles. The smallest absolute Gasteiger partial charge is 0.326 e. The summed E-state index contributed by atoms with van der Waals surface area (Å²) >= 11 is 0. The molecule has 0 fully saturated rings. The molecule has 4 rings (SSSR count). The predicted molar refractivity (Wildman–Crippen MR) is 170 cm³/mol. The first-order valence-corrected chi connectivity index (χ1v) is 14.9. The minimum atomic E-state index is -1.09. The molecule has 0 radical (unpaired) electrons. The van der Waals surface area contributed by atoms with Crippen LogP contribution in [-0.2, 0) is 16.6 Å². The Balaban J connectivity index is 1.34. The maximum Gasteiger partial charge on any atom is 0.326 e. The molecule has 0 saturated heterocycles. The Bertz CT molecular complexity index is 1470. The number of ether oxygens (including phenoxy) is 1. The normalized spacial score (nSPS) is 12.0. The lowest BCUT2D eigenvalue weighted by atomic mass is 9.86. The van der Waals surface area contributed by atoms with Crippen molar-refractivity contribution < 1.29 is 19.4 Å². The third-order valence-corrected chi connectivity index (χ3v) is 7.37. The van der Waals surface area contributed by atoms with Crippen LogP contribution in [0.15, 0.2) is 85.2 Å². The summed E-state index contributed by atoms with van der Waals surface area (Å²) in [4.78, 5) is 33.8. The van der Waals surface area contributed by atoms with Gasteiger partial charge in [0.2, 0.25) is 0 Å². The fraction of sp³-hybridized carbons (Fsp3) is 0.333. The number of carbonyl (C=O) groups excluding carboxylic acids is 1. The molecule has 0 spiro atoms. The number of amides is 1. The molecule has 43 heavy (non-hydrogen) atoms. The van der Waals surface area contributed by atoms with Crippen molar-refractivity contribution in [2.24, 2.45) is 0 Å². The van der Waals surface area contributed by atoms with Gasteiger partial charge in [0, 0.05) is 35.5 Å². The van der Waals surface area contributed by atoms with Gasteiger partial charge in [-0.3, -0.25) is 4.79 Å². The van der Waals surface area contributed by atoms with Crippen LogP contribution in [-0.4, -0.2) is 39.6 Å². The van der Waals surface area contributed by atoms with E-state index in [-0.39, 0.29) is 11.8 Å². The molecule has 1 aromatic heterocycles.